The van der Waals surface area contributed by atoms with Crippen LogP contribution in [-0.4, -0.2) is 36.7 Å². The van der Waals surface area contributed by atoms with Crippen LogP contribution < -0.4 is 5.32 Å². The average Bonchev–Trinajstić information content (AvgIpc) is 2.84. The molecule has 1 atom stereocenters. The zero-order valence-electron chi connectivity index (χ0n) is 10.9. The zero-order chi connectivity index (χ0) is 14.3. The molecule has 0 spiro atoms. The van der Waals surface area contributed by atoms with Crippen molar-refractivity contribution in [3.05, 3.63) is 28.0 Å². The molecule has 0 aliphatic heterocycles. The van der Waals surface area contributed by atoms with Crippen molar-refractivity contribution >= 4 is 29.3 Å². The molecule has 0 fully saturated rings. The molecule has 0 aromatic carbocycles. The summed E-state index contributed by atoms with van der Waals surface area (Å²) < 4.78 is 5.02. The number of amides is 1. The van der Waals surface area contributed by atoms with Crippen LogP contribution in [0, 0.1) is 0 Å². The van der Waals surface area contributed by atoms with E-state index in [1.54, 1.807) is 18.6 Å². The van der Waals surface area contributed by atoms with E-state index in [9.17, 15) is 9.59 Å². The Morgan fingerprint density at radius 3 is 2.89 bits per heavy atom. The Labute approximate surface area is 115 Å². The number of thiophene rings is 1. The van der Waals surface area contributed by atoms with Gasteiger partial charge in [-0.05, 0) is 29.5 Å². The van der Waals surface area contributed by atoms with Gasteiger partial charge in [0.2, 0.25) is 0 Å². The molecule has 0 radical (unpaired) electrons. The first-order chi connectivity index (χ1) is 9.08. The molecular formula is C13H17NO4S. The summed E-state index contributed by atoms with van der Waals surface area (Å²) in [5.74, 6) is -1.24. The van der Waals surface area contributed by atoms with Gasteiger partial charge in [0.05, 0.1) is 17.5 Å². The molecule has 1 heterocycles. The van der Waals surface area contributed by atoms with Gasteiger partial charge in [0.25, 0.3) is 5.91 Å². The van der Waals surface area contributed by atoms with E-state index in [0.717, 1.165) is 12.5 Å². The maximum Gasteiger partial charge on any atom is 0.328 e. The molecule has 0 saturated heterocycles. The molecule has 5 nitrogen and oxygen atoms in total. The Morgan fingerprint density at radius 1 is 1.58 bits per heavy atom. The van der Waals surface area contributed by atoms with Crippen LogP contribution in [0.1, 0.15) is 28.6 Å². The largest absolute Gasteiger partial charge is 0.478 e. The number of rotatable bonds is 7. The fourth-order valence-electron chi connectivity index (χ4n) is 1.51. The second-order valence-corrected chi connectivity index (χ2v) is 4.83. The number of hydrogen-bond acceptors (Lipinski definition) is 4. The summed E-state index contributed by atoms with van der Waals surface area (Å²) in [6.07, 6.45) is 3.21. The molecule has 1 aromatic heterocycles. The van der Waals surface area contributed by atoms with E-state index in [4.69, 9.17) is 9.84 Å². The molecule has 0 bridgehead atoms. The van der Waals surface area contributed by atoms with Gasteiger partial charge in [0.15, 0.2) is 0 Å². The average molecular weight is 283 g/mol. The zero-order valence-corrected chi connectivity index (χ0v) is 11.7. The number of ether oxygens (including phenoxy) is 1. The second kappa shape index (κ2) is 7.70. The van der Waals surface area contributed by atoms with Crippen LogP contribution in [0.25, 0.3) is 6.08 Å². The molecule has 0 aliphatic rings. The molecule has 0 aliphatic carbocycles. The van der Waals surface area contributed by atoms with E-state index in [1.807, 2.05) is 6.92 Å². The Morgan fingerprint density at radius 2 is 2.32 bits per heavy atom. The molecule has 0 saturated carbocycles. The van der Waals surface area contributed by atoms with Crippen LogP contribution in [0.15, 0.2) is 17.5 Å². The summed E-state index contributed by atoms with van der Waals surface area (Å²) in [7, 11) is 1.58. The van der Waals surface area contributed by atoms with Gasteiger partial charge in [-0.3, -0.25) is 4.79 Å². The Kier molecular flexibility index (Phi) is 6.24. The second-order valence-electron chi connectivity index (χ2n) is 3.91. The SMILES string of the molecule is CCC(COC)NC(=O)c1sccc1C=CC(=O)O. The van der Waals surface area contributed by atoms with Crippen molar-refractivity contribution in [2.24, 2.45) is 0 Å². The number of hydrogen-bond donors (Lipinski definition) is 2. The molecule has 19 heavy (non-hydrogen) atoms. The first kappa shape index (κ1) is 15.4. The van der Waals surface area contributed by atoms with Crippen molar-refractivity contribution in [3.63, 3.8) is 0 Å². The van der Waals surface area contributed by atoms with Gasteiger partial charge in [0, 0.05) is 13.2 Å². The van der Waals surface area contributed by atoms with Crippen LogP contribution in [0.5, 0.6) is 0 Å². The maximum absolute atomic E-state index is 12.1. The van der Waals surface area contributed by atoms with Gasteiger partial charge < -0.3 is 15.2 Å². The van der Waals surface area contributed by atoms with Crippen molar-refractivity contribution in [1.82, 2.24) is 5.32 Å². The van der Waals surface area contributed by atoms with Crippen molar-refractivity contribution < 1.29 is 19.4 Å². The van der Waals surface area contributed by atoms with Gasteiger partial charge in [-0.25, -0.2) is 4.79 Å². The number of nitrogens with one attached hydrogen (secondary N) is 1. The fraction of sp³-hybridized carbons (Fsp3) is 0.385. The van der Waals surface area contributed by atoms with E-state index >= 15 is 0 Å². The minimum Gasteiger partial charge on any atom is -0.478 e. The summed E-state index contributed by atoms with van der Waals surface area (Å²) in [6, 6.07) is 1.67. The van der Waals surface area contributed by atoms with E-state index in [1.165, 1.54) is 17.4 Å². The molecule has 6 heteroatoms. The van der Waals surface area contributed by atoms with Crippen molar-refractivity contribution in [2.45, 2.75) is 19.4 Å². The summed E-state index contributed by atoms with van der Waals surface area (Å²) in [5, 5.41) is 13.2. The van der Waals surface area contributed by atoms with Gasteiger partial charge in [0.1, 0.15) is 0 Å². The van der Waals surface area contributed by atoms with Gasteiger partial charge in [-0.15, -0.1) is 11.3 Å². The predicted molar refractivity (Wildman–Crippen MR) is 74.4 cm³/mol. The number of carboxylic acid groups (broad SMARTS) is 1. The van der Waals surface area contributed by atoms with Crippen LogP contribution in [0.2, 0.25) is 0 Å². The van der Waals surface area contributed by atoms with E-state index < -0.39 is 5.97 Å². The molecular weight excluding hydrogens is 266 g/mol. The van der Waals surface area contributed by atoms with Crippen LogP contribution >= 0.6 is 11.3 Å². The minimum atomic E-state index is -1.04. The summed E-state index contributed by atoms with van der Waals surface area (Å²) in [5.41, 5.74) is 0.608. The van der Waals surface area contributed by atoms with E-state index in [2.05, 4.69) is 5.32 Å². The monoisotopic (exact) mass is 283 g/mol. The standard InChI is InChI=1S/C13H17NO4S/c1-3-10(8-18-2)14-13(17)12-9(6-7-19-12)4-5-11(15)16/h4-7,10H,3,8H2,1-2H3,(H,14,17)(H,15,16). The lowest BCUT2D eigenvalue weighted by molar-refractivity contribution is -0.131. The quantitative estimate of drug-likeness (QED) is 0.750. The highest BCUT2D eigenvalue weighted by Crippen LogP contribution is 2.18. The first-order valence-corrected chi connectivity index (χ1v) is 6.74. The number of aliphatic carboxylic acids is 1. The topological polar surface area (TPSA) is 75.6 Å². The minimum absolute atomic E-state index is 0.0455. The Balaban J connectivity index is 2.77. The van der Waals surface area contributed by atoms with E-state index in [-0.39, 0.29) is 11.9 Å². The molecule has 2 N–H and O–H groups in total. The highest BCUT2D eigenvalue weighted by Gasteiger charge is 2.15. The summed E-state index contributed by atoms with van der Waals surface area (Å²) in [6.45, 7) is 2.41. The third-order valence-corrected chi connectivity index (χ3v) is 3.43. The molecule has 1 unspecified atom stereocenters. The lowest BCUT2D eigenvalue weighted by atomic mass is 10.2. The Hall–Kier alpha value is -1.66. The lowest BCUT2D eigenvalue weighted by Gasteiger charge is -2.15. The predicted octanol–water partition coefficient (Wildman–Crippen LogP) is 2.00. The number of methoxy groups -OCH3 is 1. The van der Waals surface area contributed by atoms with Crippen molar-refractivity contribution in [1.29, 1.82) is 0 Å². The molecule has 1 rings (SSSR count). The number of carbonyl (C=O) groups excluding carboxylic acids is 1. The molecule has 1 aromatic rings. The van der Waals surface area contributed by atoms with Crippen LogP contribution in [-0.2, 0) is 9.53 Å². The molecule has 1 amide bonds. The fourth-order valence-corrected chi connectivity index (χ4v) is 2.30. The van der Waals surface area contributed by atoms with Gasteiger partial charge in [-0.2, -0.15) is 0 Å². The Bertz CT molecular complexity index is 467. The third kappa shape index (κ3) is 4.84. The van der Waals surface area contributed by atoms with Gasteiger partial charge in [-0.1, -0.05) is 6.92 Å². The normalized spacial score (nSPS) is 12.5. The third-order valence-electron chi connectivity index (χ3n) is 2.50. The highest BCUT2D eigenvalue weighted by atomic mass is 32.1. The van der Waals surface area contributed by atoms with Crippen LogP contribution in [0.3, 0.4) is 0 Å². The number of carbonyl (C=O) groups is 2. The maximum atomic E-state index is 12.1. The summed E-state index contributed by atoms with van der Waals surface area (Å²) >= 11 is 1.28. The molecule has 104 valence electrons. The van der Waals surface area contributed by atoms with E-state index in [0.29, 0.717) is 17.0 Å². The lowest BCUT2D eigenvalue weighted by Crippen LogP contribution is -2.37. The van der Waals surface area contributed by atoms with Crippen LogP contribution in [0.4, 0.5) is 0 Å². The summed E-state index contributed by atoms with van der Waals surface area (Å²) in [4.78, 5) is 23.1. The van der Waals surface area contributed by atoms with Crippen molar-refractivity contribution in [2.75, 3.05) is 13.7 Å². The smallest absolute Gasteiger partial charge is 0.328 e. The highest BCUT2D eigenvalue weighted by molar-refractivity contribution is 7.12. The first-order valence-electron chi connectivity index (χ1n) is 5.86. The van der Waals surface area contributed by atoms with Crippen molar-refractivity contribution in [3.8, 4) is 0 Å². The number of carboxylic acids is 1. The van der Waals surface area contributed by atoms with Gasteiger partial charge >= 0.3 is 5.97 Å².